The van der Waals surface area contributed by atoms with E-state index in [9.17, 15) is 24.5 Å². The average molecular weight is 352 g/mol. The van der Waals surface area contributed by atoms with Crippen LogP contribution in [0, 0.1) is 10.1 Å². The summed E-state index contributed by atoms with van der Waals surface area (Å²) in [6, 6.07) is 12.2. The van der Waals surface area contributed by atoms with Gasteiger partial charge in [0, 0.05) is 12.1 Å². The lowest BCUT2D eigenvalue weighted by Crippen LogP contribution is -2.32. The van der Waals surface area contributed by atoms with Crippen LogP contribution in [-0.2, 0) is 9.53 Å². The third-order valence-electron chi connectivity index (χ3n) is 3.75. The van der Waals surface area contributed by atoms with Crippen molar-refractivity contribution in [3.05, 3.63) is 81.4 Å². The Morgan fingerprint density at radius 3 is 2.23 bits per heavy atom. The van der Waals surface area contributed by atoms with Crippen LogP contribution in [0.4, 0.5) is 5.69 Å². The summed E-state index contributed by atoms with van der Waals surface area (Å²) in [6.45, 7) is -0.535. The van der Waals surface area contributed by atoms with E-state index in [0.29, 0.717) is 0 Å². The normalized spacial score (nSPS) is 13.2. The van der Waals surface area contributed by atoms with Crippen LogP contribution in [0.5, 0.6) is 0 Å². The minimum absolute atomic E-state index is 0.156. The molecular weight excluding hydrogens is 340 g/mol. The van der Waals surface area contributed by atoms with E-state index in [4.69, 9.17) is 4.74 Å². The molecule has 2 aromatic carbocycles. The van der Waals surface area contributed by atoms with Crippen LogP contribution >= 0.6 is 0 Å². The van der Waals surface area contributed by atoms with Crippen molar-refractivity contribution in [2.75, 3.05) is 6.73 Å². The Morgan fingerprint density at radius 2 is 1.62 bits per heavy atom. The Morgan fingerprint density at radius 1 is 1.04 bits per heavy atom. The summed E-state index contributed by atoms with van der Waals surface area (Å²) in [4.78, 5) is 47.3. The van der Waals surface area contributed by atoms with E-state index in [2.05, 4.69) is 0 Å². The number of amides is 2. The summed E-state index contributed by atoms with van der Waals surface area (Å²) < 4.78 is 4.91. The number of nitrogens with zero attached hydrogens (tertiary/aromatic N) is 2. The number of ether oxygens (including phenoxy) is 1. The van der Waals surface area contributed by atoms with Gasteiger partial charge in [0.05, 0.1) is 21.6 Å². The van der Waals surface area contributed by atoms with Crippen molar-refractivity contribution in [3.8, 4) is 0 Å². The zero-order valence-electron chi connectivity index (χ0n) is 13.3. The van der Waals surface area contributed by atoms with Crippen molar-refractivity contribution < 1.29 is 24.0 Å². The largest absolute Gasteiger partial charge is 0.441 e. The summed E-state index contributed by atoms with van der Waals surface area (Å²) >= 11 is 0. The molecule has 8 heteroatoms. The molecule has 0 unspecified atom stereocenters. The van der Waals surface area contributed by atoms with Crippen molar-refractivity contribution in [2.24, 2.45) is 0 Å². The molecule has 130 valence electrons. The summed E-state index contributed by atoms with van der Waals surface area (Å²) in [6.07, 6.45) is 2.24. The smallest absolute Gasteiger partial charge is 0.332 e. The van der Waals surface area contributed by atoms with Gasteiger partial charge < -0.3 is 4.74 Å². The number of carbonyl (C=O) groups excluding carboxylic acids is 3. The molecule has 0 saturated carbocycles. The first-order valence-electron chi connectivity index (χ1n) is 7.52. The van der Waals surface area contributed by atoms with E-state index < -0.39 is 29.4 Å². The molecule has 0 spiro atoms. The first kappa shape index (κ1) is 17.0. The second-order valence-electron chi connectivity index (χ2n) is 5.33. The maximum absolute atomic E-state index is 12.1. The minimum Gasteiger partial charge on any atom is -0.441 e. The van der Waals surface area contributed by atoms with E-state index in [1.807, 2.05) is 0 Å². The van der Waals surface area contributed by atoms with E-state index in [1.165, 1.54) is 36.4 Å². The molecule has 0 N–H and O–H groups in total. The van der Waals surface area contributed by atoms with Crippen LogP contribution < -0.4 is 0 Å². The minimum atomic E-state index is -0.834. The lowest BCUT2D eigenvalue weighted by molar-refractivity contribution is -0.385. The Bertz CT molecular complexity index is 915. The van der Waals surface area contributed by atoms with E-state index in [1.54, 1.807) is 18.2 Å². The highest BCUT2D eigenvalue weighted by Crippen LogP contribution is 2.22. The number of nitro groups is 1. The second-order valence-corrected chi connectivity index (χ2v) is 5.33. The van der Waals surface area contributed by atoms with Crippen LogP contribution in [0.2, 0.25) is 0 Å². The maximum atomic E-state index is 12.1. The van der Waals surface area contributed by atoms with Gasteiger partial charge in [-0.3, -0.25) is 19.7 Å². The number of hydrogen-bond donors (Lipinski definition) is 0. The quantitative estimate of drug-likeness (QED) is 0.269. The molecule has 8 nitrogen and oxygen atoms in total. The molecule has 2 aromatic rings. The number of esters is 1. The topological polar surface area (TPSA) is 107 Å². The Hall–Kier alpha value is -3.81. The highest BCUT2D eigenvalue weighted by Gasteiger charge is 2.35. The van der Waals surface area contributed by atoms with Crippen LogP contribution in [0.3, 0.4) is 0 Å². The van der Waals surface area contributed by atoms with Gasteiger partial charge in [-0.15, -0.1) is 0 Å². The number of carbonyl (C=O) groups is 3. The molecule has 0 bridgehead atoms. The molecule has 3 rings (SSSR count). The van der Waals surface area contributed by atoms with Gasteiger partial charge >= 0.3 is 5.97 Å². The number of hydrogen-bond acceptors (Lipinski definition) is 6. The van der Waals surface area contributed by atoms with Crippen LogP contribution in [-0.4, -0.2) is 34.3 Å². The standard InChI is InChI=1S/C18H12N2O6/c21-16(10-9-12-5-1-4-8-15(12)20(24)25)26-11-19-17(22)13-6-2-3-7-14(13)18(19)23/h1-10H,11H2. The van der Waals surface area contributed by atoms with E-state index in [-0.39, 0.29) is 22.4 Å². The third-order valence-corrected chi connectivity index (χ3v) is 3.75. The summed E-state index contributed by atoms with van der Waals surface area (Å²) in [7, 11) is 0. The molecule has 0 atom stereocenters. The molecule has 0 aromatic heterocycles. The molecule has 26 heavy (non-hydrogen) atoms. The molecule has 0 radical (unpaired) electrons. The Labute approximate surface area is 147 Å². The predicted molar refractivity (Wildman–Crippen MR) is 90.0 cm³/mol. The highest BCUT2D eigenvalue weighted by molar-refractivity contribution is 6.21. The molecule has 1 heterocycles. The summed E-state index contributed by atoms with van der Waals surface area (Å²) in [5.74, 6) is -1.91. The van der Waals surface area contributed by atoms with Crippen LogP contribution in [0.15, 0.2) is 54.6 Å². The number of rotatable bonds is 5. The fourth-order valence-electron chi connectivity index (χ4n) is 2.49. The van der Waals surface area contributed by atoms with Crippen molar-refractivity contribution in [2.45, 2.75) is 0 Å². The summed E-state index contributed by atoms with van der Waals surface area (Å²) in [5.41, 5.74) is 0.583. The molecule has 0 aliphatic carbocycles. The van der Waals surface area contributed by atoms with Gasteiger partial charge in [0.15, 0.2) is 6.73 Å². The summed E-state index contributed by atoms with van der Waals surface area (Å²) in [5, 5.41) is 10.9. The molecule has 0 saturated heterocycles. The van der Waals surface area contributed by atoms with Gasteiger partial charge in [-0.25, -0.2) is 9.69 Å². The number of benzene rings is 2. The Balaban J connectivity index is 1.65. The van der Waals surface area contributed by atoms with Crippen molar-refractivity contribution in [1.82, 2.24) is 4.90 Å². The number of nitro benzene ring substituents is 1. The van der Waals surface area contributed by atoms with Gasteiger partial charge in [0.1, 0.15) is 0 Å². The fourth-order valence-corrected chi connectivity index (χ4v) is 2.49. The third kappa shape index (κ3) is 3.20. The fraction of sp³-hybridized carbons (Fsp3) is 0.0556. The predicted octanol–water partition coefficient (Wildman–Crippen LogP) is 2.40. The van der Waals surface area contributed by atoms with Gasteiger partial charge in [0.2, 0.25) is 0 Å². The van der Waals surface area contributed by atoms with Crippen molar-refractivity contribution in [3.63, 3.8) is 0 Å². The van der Waals surface area contributed by atoms with Crippen LogP contribution in [0.25, 0.3) is 6.08 Å². The molecule has 2 amide bonds. The average Bonchev–Trinajstić information content (AvgIpc) is 2.89. The zero-order chi connectivity index (χ0) is 18.7. The lowest BCUT2D eigenvalue weighted by Gasteiger charge is -2.12. The van der Waals surface area contributed by atoms with Crippen molar-refractivity contribution >= 4 is 29.5 Å². The number of para-hydroxylation sites is 1. The van der Waals surface area contributed by atoms with Crippen molar-refractivity contribution in [1.29, 1.82) is 0 Å². The number of fused-ring (bicyclic) bond motifs is 1. The molecule has 1 aliphatic rings. The van der Waals surface area contributed by atoms with Gasteiger partial charge in [-0.2, -0.15) is 0 Å². The monoisotopic (exact) mass is 352 g/mol. The van der Waals surface area contributed by atoms with Gasteiger partial charge in [-0.05, 0) is 24.3 Å². The lowest BCUT2D eigenvalue weighted by atomic mass is 10.1. The Kier molecular flexibility index (Phi) is 4.57. The molecule has 0 fully saturated rings. The number of imide groups is 1. The van der Waals surface area contributed by atoms with E-state index in [0.717, 1.165) is 11.0 Å². The first-order valence-corrected chi connectivity index (χ1v) is 7.52. The van der Waals surface area contributed by atoms with Gasteiger partial charge in [0.25, 0.3) is 17.5 Å². The maximum Gasteiger partial charge on any atom is 0.332 e. The highest BCUT2D eigenvalue weighted by atomic mass is 16.6. The SMILES string of the molecule is O=C(C=Cc1ccccc1[N+](=O)[O-])OCN1C(=O)c2ccccc2C1=O. The zero-order valence-corrected chi connectivity index (χ0v) is 13.3. The molecule has 1 aliphatic heterocycles. The first-order chi connectivity index (χ1) is 12.5. The van der Waals surface area contributed by atoms with Crippen LogP contribution in [0.1, 0.15) is 26.3 Å². The van der Waals surface area contributed by atoms with Gasteiger partial charge in [-0.1, -0.05) is 24.3 Å². The van der Waals surface area contributed by atoms with E-state index >= 15 is 0 Å². The molecular formula is C18H12N2O6. The second kappa shape index (κ2) is 6.98.